The summed E-state index contributed by atoms with van der Waals surface area (Å²) < 4.78 is 13.3. The molecule has 0 atom stereocenters. The van der Waals surface area contributed by atoms with Gasteiger partial charge in [0.05, 0.1) is 5.54 Å². The van der Waals surface area contributed by atoms with Gasteiger partial charge in [-0.25, -0.2) is 4.39 Å². The Morgan fingerprint density at radius 1 is 1.44 bits per heavy atom. The Hall–Kier alpha value is -1.62. The molecule has 1 heterocycles. The molecule has 0 bridgehead atoms. The number of piperazine rings is 1. The number of hydrogen-bond acceptors (Lipinski definition) is 3. The number of rotatable bonds is 2. The third kappa shape index (κ3) is 2.46. The molecule has 0 radical (unpaired) electrons. The van der Waals surface area contributed by atoms with Crippen LogP contribution in [0.25, 0.3) is 0 Å². The molecule has 1 aromatic rings. The smallest absolute Gasteiger partial charge is 0.240 e. The normalized spacial score (nSPS) is 19.6. The molecule has 0 aromatic heterocycles. The summed E-state index contributed by atoms with van der Waals surface area (Å²) in [7, 11) is 0. The van der Waals surface area contributed by atoms with E-state index in [1.807, 2.05) is 18.7 Å². The zero-order chi connectivity index (χ0) is 13.3. The van der Waals surface area contributed by atoms with Crippen molar-refractivity contribution in [3.63, 3.8) is 0 Å². The average molecular weight is 251 g/mol. The van der Waals surface area contributed by atoms with Gasteiger partial charge < -0.3 is 11.1 Å². The fraction of sp³-hybridized carbons (Fsp3) is 0.462. The Labute approximate surface area is 106 Å². The molecule has 1 aromatic carbocycles. The molecule has 1 saturated heterocycles. The Bertz CT molecular complexity index is 453. The second kappa shape index (κ2) is 4.57. The first-order chi connectivity index (χ1) is 8.39. The van der Waals surface area contributed by atoms with Crippen LogP contribution in [0.1, 0.15) is 19.4 Å². The molecular formula is C13H18FN3O. The zero-order valence-electron chi connectivity index (χ0n) is 10.7. The van der Waals surface area contributed by atoms with Crippen molar-refractivity contribution in [2.45, 2.75) is 25.9 Å². The summed E-state index contributed by atoms with van der Waals surface area (Å²) in [5, 5.41) is 2.83. The summed E-state index contributed by atoms with van der Waals surface area (Å²) in [5.74, 6) is -0.345. The summed E-state index contributed by atoms with van der Waals surface area (Å²) in [6.45, 7) is 5.61. The van der Waals surface area contributed by atoms with E-state index < -0.39 is 5.54 Å². The van der Waals surface area contributed by atoms with E-state index in [1.165, 1.54) is 12.1 Å². The van der Waals surface area contributed by atoms with Gasteiger partial charge in [0.2, 0.25) is 5.91 Å². The van der Waals surface area contributed by atoms with Crippen LogP contribution in [0.5, 0.6) is 0 Å². The molecule has 3 N–H and O–H groups in total. The summed E-state index contributed by atoms with van der Waals surface area (Å²) in [6.07, 6.45) is 0. The number of benzene rings is 1. The van der Waals surface area contributed by atoms with Crippen molar-refractivity contribution in [1.82, 2.24) is 10.2 Å². The van der Waals surface area contributed by atoms with Crippen LogP contribution >= 0.6 is 0 Å². The summed E-state index contributed by atoms with van der Waals surface area (Å²) in [6, 6.07) is 4.49. The molecule has 2 rings (SSSR count). The van der Waals surface area contributed by atoms with Gasteiger partial charge in [0.15, 0.2) is 0 Å². The van der Waals surface area contributed by atoms with Gasteiger partial charge in [-0.1, -0.05) is 0 Å². The van der Waals surface area contributed by atoms with E-state index in [4.69, 9.17) is 5.73 Å². The van der Waals surface area contributed by atoms with Crippen LogP contribution in [0.4, 0.5) is 10.1 Å². The third-order valence-corrected chi connectivity index (χ3v) is 3.37. The quantitative estimate of drug-likeness (QED) is 0.774. The van der Waals surface area contributed by atoms with E-state index >= 15 is 0 Å². The lowest BCUT2D eigenvalue weighted by atomic mass is 9.98. The number of nitrogens with one attached hydrogen (secondary N) is 1. The number of carbonyl (C=O) groups excluding carboxylic acids is 1. The van der Waals surface area contributed by atoms with Crippen LogP contribution in [0.2, 0.25) is 0 Å². The van der Waals surface area contributed by atoms with Crippen molar-refractivity contribution < 1.29 is 9.18 Å². The van der Waals surface area contributed by atoms with Crippen LogP contribution in [-0.4, -0.2) is 29.4 Å². The zero-order valence-corrected chi connectivity index (χ0v) is 10.7. The van der Waals surface area contributed by atoms with Crippen LogP contribution in [0.15, 0.2) is 18.2 Å². The van der Waals surface area contributed by atoms with Crippen LogP contribution < -0.4 is 11.1 Å². The number of nitrogens with zero attached hydrogens (tertiary/aromatic N) is 1. The number of amides is 1. The van der Waals surface area contributed by atoms with Crippen molar-refractivity contribution >= 4 is 11.6 Å². The first-order valence-corrected chi connectivity index (χ1v) is 5.98. The molecule has 1 amide bonds. The Kier molecular flexibility index (Phi) is 3.26. The Balaban J connectivity index is 2.20. The highest BCUT2D eigenvalue weighted by Crippen LogP contribution is 2.21. The highest BCUT2D eigenvalue weighted by atomic mass is 19.1. The van der Waals surface area contributed by atoms with Crippen molar-refractivity contribution in [2.24, 2.45) is 0 Å². The van der Waals surface area contributed by atoms with E-state index in [9.17, 15) is 9.18 Å². The van der Waals surface area contributed by atoms with E-state index in [2.05, 4.69) is 5.32 Å². The minimum absolute atomic E-state index is 0.00174. The number of carbonyl (C=O) groups is 1. The SMILES string of the molecule is CC1(C)C(=O)NCCN1Cc1cc(N)cc(F)c1. The molecule has 0 spiro atoms. The van der Waals surface area contributed by atoms with Gasteiger partial charge in [0.25, 0.3) is 0 Å². The third-order valence-electron chi connectivity index (χ3n) is 3.37. The second-order valence-electron chi connectivity index (χ2n) is 5.13. The molecule has 1 aliphatic heterocycles. The molecule has 1 fully saturated rings. The predicted molar refractivity (Wildman–Crippen MR) is 68.3 cm³/mol. The van der Waals surface area contributed by atoms with E-state index in [-0.39, 0.29) is 11.7 Å². The maximum Gasteiger partial charge on any atom is 0.240 e. The van der Waals surface area contributed by atoms with E-state index in [0.717, 1.165) is 12.1 Å². The highest BCUT2D eigenvalue weighted by molar-refractivity contribution is 5.86. The Morgan fingerprint density at radius 3 is 2.83 bits per heavy atom. The minimum Gasteiger partial charge on any atom is -0.399 e. The first-order valence-electron chi connectivity index (χ1n) is 5.98. The predicted octanol–water partition coefficient (Wildman–Crippen LogP) is 1.12. The molecule has 5 heteroatoms. The molecule has 4 nitrogen and oxygen atoms in total. The molecule has 0 saturated carbocycles. The number of halogens is 1. The molecular weight excluding hydrogens is 233 g/mol. The van der Waals surface area contributed by atoms with Crippen LogP contribution in [0.3, 0.4) is 0 Å². The molecule has 0 aliphatic carbocycles. The summed E-state index contributed by atoms with van der Waals surface area (Å²) in [4.78, 5) is 13.8. The lowest BCUT2D eigenvalue weighted by Crippen LogP contribution is -2.61. The number of nitrogens with two attached hydrogens (primary N) is 1. The lowest BCUT2D eigenvalue weighted by Gasteiger charge is -2.41. The van der Waals surface area contributed by atoms with Crippen molar-refractivity contribution in [2.75, 3.05) is 18.8 Å². The first kappa shape index (κ1) is 12.8. The lowest BCUT2D eigenvalue weighted by molar-refractivity contribution is -0.135. The van der Waals surface area contributed by atoms with Gasteiger partial charge >= 0.3 is 0 Å². The van der Waals surface area contributed by atoms with E-state index in [1.54, 1.807) is 6.07 Å². The van der Waals surface area contributed by atoms with E-state index in [0.29, 0.717) is 18.8 Å². The number of nitrogen functional groups attached to an aromatic ring is 1. The monoisotopic (exact) mass is 251 g/mol. The summed E-state index contributed by atoms with van der Waals surface area (Å²) >= 11 is 0. The highest BCUT2D eigenvalue weighted by Gasteiger charge is 2.37. The summed E-state index contributed by atoms with van der Waals surface area (Å²) in [5.41, 5.74) is 6.23. The maximum absolute atomic E-state index is 13.3. The standard InChI is InChI=1S/C13H18FN3O/c1-13(2)12(18)16-3-4-17(13)8-9-5-10(14)7-11(15)6-9/h5-7H,3-4,8,15H2,1-2H3,(H,16,18). The van der Waals surface area contributed by atoms with Gasteiger partial charge in [0.1, 0.15) is 5.82 Å². The average Bonchev–Trinajstić information content (AvgIpc) is 2.24. The van der Waals surface area contributed by atoms with Crippen molar-refractivity contribution in [1.29, 1.82) is 0 Å². The molecule has 98 valence electrons. The maximum atomic E-state index is 13.3. The molecule has 1 aliphatic rings. The fourth-order valence-corrected chi connectivity index (χ4v) is 2.21. The second-order valence-corrected chi connectivity index (χ2v) is 5.13. The van der Waals surface area contributed by atoms with Gasteiger partial charge in [-0.2, -0.15) is 0 Å². The number of anilines is 1. The van der Waals surface area contributed by atoms with Gasteiger partial charge in [0, 0.05) is 25.3 Å². The largest absolute Gasteiger partial charge is 0.399 e. The van der Waals surface area contributed by atoms with Crippen molar-refractivity contribution in [3.8, 4) is 0 Å². The molecule has 0 unspecified atom stereocenters. The molecule has 18 heavy (non-hydrogen) atoms. The number of hydrogen-bond donors (Lipinski definition) is 2. The Morgan fingerprint density at radius 2 is 2.17 bits per heavy atom. The van der Waals surface area contributed by atoms with Gasteiger partial charge in [-0.3, -0.25) is 9.69 Å². The minimum atomic E-state index is -0.584. The van der Waals surface area contributed by atoms with Gasteiger partial charge in [-0.15, -0.1) is 0 Å². The van der Waals surface area contributed by atoms with Crippen molar-refractivity contribution in [3.05, 3.63) is 29.6 Å². The van der Waals surface area contributed by atoms with Gasteiger partial charge in [-0.05, 0) is 37.6 Å². The van der Waals surface area contributed by atoms with Crippen LogP contribution in [0, 0.1) is 5.82 Å². The topological polar surface area (TPSA) is 58.4 Å². The fourth-order valence-electron chi connectivity index (χ4n) is 2.21. The van der Waals surface area contributed by atoms with Crippen LogP contribution in [-0.2, 0) is 11.3 Å².